The molecule has 0 aliphatic heterocycles. The van der Waals surface area contributed by atoms with Crippen LogP contribution in [0.25, 0.3) is 0 Å². The van der Waals surface area contributed by atoms with Gasteiger partial charge in [-0.2, -0.15) is 0 Å². The Morgan fingerprint density at radius 1 is 1.46 bits per heavy atom. The molecule has 0 aliphatic carbocycles. The second-order valence-corrected chi connectivity index (χ2v) is 2.67. The van der Waals surface area contributed by atoms with Crippen LogP contribution >= 0.6 is 0 Å². The second-order valence-electron chi connectivity index (χ2n) is 2.67. The highest BCUT2D eigenvalue weighted by atomic mass is 19.3. The summed E-state index contributed by atoms with van der Waals surface area (Å²) in [4.78, 5) is 0. The lowest BCUT2D eigenvalue weighted by Gasteiger charge is -2.09. The van der Waals surface area contributed by atoms with Crippen molar-refractivity contribution in [1.82, 2.24) is 0 Å². The number of halogens is 2. The van der Waals surface area contributed by atoms with Crippen LogP contribution in [0.4, 0.5) is 14.5 Å². The molecule has 0 aliphatic rings. The Kier molecular flexibility index (Phi) is 3.06. The molecule has 2 N–H and O–H groups in total. The SMILES string of the molecule is Cc1c(N)cccc1OCC(F)F. The van der Waals surface area contributed by atoms with E-state index in [1.165, 1.54) is 0 Å². The number of rotatable bonds is 3. The van der Waals surface area contributed by atoms with Crippen LogP contribution in [-0.2, 0) is 0 Å². The normalized spacial score (nSPS) is 10.5. The van der Waals surface area contributed by atoms with Crippen LogP contribution in [0.2, 0.25) is 0 Å². The molecule has 0 heterocycles. The molecule has 0 saturated carbocycles. The molecule has 2 nitrogen and oxygen atoms in total. The zero-order valence-corrected chi connectivity index (χ0v) is 7.26. The van der Waals surface area contributed by atoms with E-state index in [1.807, 2.05) is 0 Å². The summed E-state index contributed by atoms with van der Waals surface area (Å²) in [6, 6.07) is 4.99. The Morgan fingerprint density at radius 3 is 2.77 bits per heavy atom. The monoisotopic (exact) mass is 187 g/mol. The first-order valence-electron chi connectivity index (χ1n) is 3.87. The highest BCUT2D eigenvalue weighted by molar-refractivity contribution is 5.53. The molecule has 1 aromatic carbocycles. The van der Waals surface area contributed by atoms with Gasteiger partial charge in [-0.3, -0.25) is 0 Å². The predicted molar refractivity (Wildman–Crippen MR) is 47.1 cm³/mol. The van der Waals surface area contributed by atoms with E-state index in [2.05, 4.69) is 0 Å². The summed E-state index contributed by atoms with van der Waals surface area (Å²) in [6.07, 6.45) is -2.46. The Hall–Kier alpha value is -1.32. The molecule has 13 heavy (non-hydrogen) atoms. The van der Waals surface area contributed by atoms with Crippen LogP contribution < -0.4 is 10.5 Å². The van der Waals surface area contributed by atoms with Gasteiger partial charge >= 0.3 is 0 Å². The molecular weight excluding hydrogens is 176 g/mol. The maximum absolute atomic E-state index is 11.8. The van der Waals surface area contributed by atoms with Gasteiger partial charge in [-0.05, 0) is 19.1 Å². The fraction of sp³-hybridized carbons (Fsp3) is 0.333. The molecule has 72 valence electrons. The first-order chi connectivity index (χ1) is 6.11. The van der Waals surface area contributed by atoms with Crippen LogP contribution in [-0.4, -0.2) is 13.0 Å². The minimum Gasteiger partial charge on any atom is -0.487 e. The average molecular weight is 187 g/mol. The molecule has 0 fully saturated rings. The van der Waals surface area contributed by atoms with Crippen molar-refractivity contribution in [3.63, 3.8) is 0 Å². The highest BCUT2D eigenvalue weighted by Crippen LogP contribution is 2.22. The van der Waals surface area contributed by atoms with E-state index in [4.69, 9.17) is 10.5 Å². The summed E-state index contributed by atoms with van der Waals surface area (Å²) in [7, 11) is 0. The van der Waals surface area contributed by atoms with Crippen molar-refractivity contribution >= 4 is 5.69 Å². The quantitative estimate of drug-likeness (QED) is 0.736. The van der Waals surface area contributed by atoms with Crippen molar-refractivity contribution in [2.45, 2.75) is 13.3 Å². The van der Waals surface area contributed by atoms with Crippen molar-refractivity contribution in [2.75, 3.05) is 12.3 Å². The third-order valence-corrected chi connectivity index (χ3v) is 1.69. The first-order valence-corrected chi connectivity index (χ1v) is 3.87. The van der Waals surface area contributed by atoms with Crippen molar-refractivity contribution in [2.24, 2.45) is 0 Å². The number of anilines is 1. The van der Waals surface area contributed by atoms with E-state index in [-0.39, 0.29) is 0 Å². The smallest absolute Gasteiger partial charge is 0.272 e. The molecule has 1 rings (SSSR count). The van der Waals surface area contributed by atoms with Crippen molar-refractivity contribution in [1.29, 1.82) is 0 Å². The summed E-state index contributed by atoms with van der Waals surface area (Å²) in [5, 5.41) is 0. The number of hydrogen-bond acceptors (Lipinski definition) is 2. The van der Waals surface area contributed by atoms with Gasteiger partial charge in [-0.1, -0.05) is 6.07 Å². The zero-order valence-electron chi connectivity index (χ0n) is 7.26. The Labute approximate surface area is 75.3 Å². The number of nitrogen functional groups attached to an aromatic ring is 1. The third kappa shape index (κ3) is 2.57. The maximum atomic E-state index is 11.8. The van der Waals surface area contributed by atoms with E-state index in [0.29, 0.717) is 17.0 Å². The van der Waals surface area contributed by atoms with Crippen molar-refractivity contribution < 1.29 is 13.5 Å². The topological polar surface area (TPSA) is 35.2 Å². The maximum Gasteiger partial charge on any atom is 0.272 e. The standard InChI is InChI=1S/C9H11F2NO/c1-6-7(12)3-2-4-8(6)13-5-9(10)11/h2-4,9H,5,12H2,1H3. The van der Waals surface area contributed by atoms with E-state index in [0.717, 1.165) is 0 Å². The van der Waals surface area contributed by atoms with Crippen LogP contribution in [0.5, 0.6) is 5.75 Å². The van der Waals surface area contributed by atoms with Gasteiger partial charge in [0, 0.05) is 11.3 Å². The number of hydrogen-bond donors (Lipinski definition) is 1. The molecule has 0 bridgehead atoms. The molecule has 0 saturated heterocycles. The summed E-state index contributed by atoms with van der Waals surface area (Å²) in [5.74, 6) is 0.417. The Balaban J connectivity index is 2.71. The van der Waals surface area contributed by atoms with Gasteiger partial charge < -0.3 is 10.5 Å². The number of benzene rings is 1. The fourth-order valence-electron chi connectivity index (χ4n) is 0.941. The number of nitrogens with two attached hydrogens (primary N) is 1. The van der Waals surface area contributed by atoms with Crippen LogP contribution in [0.1, 0.15) is 5.56 Å². The van der Waals surface area contributed by atoms with Crippen LogP contribution in [0.15, 0.2) is 18.2 Å². The molecule has 0 aromatic heterocycles. The van der Waals surface area contributed by atoms with E-state index in [1.54, 1.807) is 25.1 Å². The van der Waals surface area contributed by atoms with Gasteiger partial charge in [0.15, 0.2) is 0 Å². The largest absolute Gasteiger partial charge is 0.487 e. The molecule has 0 atom stereocenters. The van der Waals surface area contributed by atoms with E-state index >= 15 is 0 Å². The summed E-state index contributed by atoms with van der Waals surface area (Å²) in [6.45, 7) is 1.14. The van der Waals surface area contributed by atoms with Crippen molar-refractivity contribution in [3.05, 3.63) is 23.8 Å². The molecule has 4 heteroatoms. The summed E-state index contributed by atoms with van der Waals surface area (Å²) >= 11 is 0. The lowest BCUT2D eigenvalue weighted by Crippen LogP contribution is -2.08. The molecule has 0 spiro atoms. The molecule has 0 amide bonds. The van der Waals surface area contributed by atoms with Gasteiger partial charge in [0.05, 0.1) is 0 Å². The van der Waals surface area contributed by atoms with E-state index in [9.17, 15) is 8.78 Å². The predicted octanol–water partition coefficient (Wildman–Crippen LogP) is 2.22. The van der Waals surface area contributed by atoms with Crippen molar-refractivity contribution in [3.8, 4) is 5.75 Å². The third-order valence-electron chi connectivity index (χ3n) is 1.69. The summed E-state index contributed by atoms with van der Waals surface area (Å²) in [5.41, 5.74) is 6.80. The minimum atomic E-state index is -2.46. The van der Waals surface area contributed by atoms with E-state index < -0.39 is 13.0 Å². The number of alkyl halides is 2. The molecule has 0 radical (unpaired) electrons. The van der Waals surface area contributed by atoms with Gasteiger partial charge in [-0.25, -0.2) is 8.78 Å². The number of ether oxygens (including phenoxy) is 1. The van der Waals surface area contributed by atoms with Crippen LogP contribution in [0.3, 0.4) is 0 Å². The first kappa shape index (κ1) is 9.77. The zero-order chi connectivity index (χ0) is 9.84. The lowest BCUT2D eigenvalue weighted by atomic mass is 10.2. The molecule has 1 aromatic rings. The molecule has 0 unspecified atom stereocenters. The van der Waals surface area contributed by atoms with Gasteiger partial charge in [0.25, 0.3) is 6.43 Å². The average Bonchev–Trinajstić information content (AvgIpc) is 2.07. The Morgan fingerprint density at radius 2 is 2.15 bits per heavy atom. The van der Waals surface area contributed by atoms with Crippen LogP contribution in [0, 0.1) is 6.92 Å². The minimum absolute atomic E-state index is 0.417. The Bertz CT molecular complexity index is 289. The second kappa shape index (κ2) is 4.07. The molecular formula is C9H11F2NO. The van der Waals surface area contributed by atoms with Gasteiger partial charge in [-0.15, -0.1) is 0 Å². The highest BCUT2D eigenvalue weighted by Gasteiger charge is 2.06. The summed E-state index contributed by atoms with van der Waals surface area (Å²) < 4.78 is 28.4. The van der Waals surface area contributed by atoms with Gasteiger partial charge in [0.1, 0.15) is 12.4 Å². The lowest BCUT2D eigenvalue weighted by molar-refractivity contribution is 0.0816. The van der Waals surface area contributed by atoms with Gasteiger partial charge in [0.2, 0.25) is 0 Å². The fourth-order valence-corrected chi connectivity index (χ4v) is 0.941.